The Kier molecular flexibility index (Phi) is 5.35. The van der Waals surface area contributed by atoms with Crippen LogP contribution in [0.4, 0.5) is 5.69 Å². The zero-order valence-corrected chi connectivity index (χ0v) is 10.7. The highest BCUT2D eigenvalue weighted by atomic mass is 35.5. The van der Waals surface area contributed by atoms with E-state index in [2.05, 4.69) is 5.32 Å². The molecule has 1 aromatic carbocycles. The summed E-state index contributed by atoms with van der Waals surface area (Å²) >= 11 is 17.6. The van der Waals surface area contributed by atoms with E-state index in [4.69, 9.17) is 40.5 Å². The van der Waals surface area contributed by atoms with Gasteiger partial charge in [-0.25, -0.2) is 0 Å². The number of carbonyl (C=O) groups excluding carboxylic acids is 1. The first-order valence-corrected chi connectivity index (χ1v) is 5.82. The molecule has 0 aromatic heterocycles. The first-order valence-electron chi connectivity index (χ1n) is 4.69. The second-order valence-electron chi connectivity index (χ2n) is 3.18. The van der Waals surface area contributed by atoms with Crippen LogP contribution in [0.5, 0.6) is 0 Å². The van der Waals surface area contributed by atoms with E-state index < -0.39 is 0 Å². The van der Waals surface area contributed by atoms with Gasteiger partial charge in [0.15, 0.2) is 0 Å². The number of hydrogen-bond donors (Lipinski definition) is 2. The van der Waals surface area contributed by atoms with Crippen LogP contribution in [0.15, 0.2) is 12.1 Å². The maximum Gasteiger partial charge on any atom is 0.224 e. The zero-order chi connectivity index (χ0) is 12.1. The van der Waals surface area contributed by atoms with Gasteiger partial charge >= 0.3 is 0 Å². The van der Waals surface area contributed by atoms with Gasteiger partial charge < -0.3 is 11.1 Å². The average molecular weight is 282 g/mol. The number of halogens is 3. The fourth-order valence-electron chi connectivity index (χ4n) is 1.13. The third-order valence-corrected chi connectivity index (χ3v) is 2.69. The normalized spacial score (nSPS) is 10.2. The second kappa shape index (κ2) is 6.30. The van der Waals surface area contributed by atoms with E-state index in [9.17, 15) is 4.79 Å². The summed E-state index contributed by atoms with van der Waals surface area (Å²) in [6, 6.07) is 3.04. The molecule has 0 spiro atoms. The van der Waals surface area contributed by atoms with Gasteiger partial charge in [0.2, 0.25) is 5.91 Å². The molecule has 1 rings (SSSR count). The molecule has 0 unspecified atom stereocenters. The predicted octanol–water partition coefficient (Wildman–Crippen LogP) is 3.32. The maximum atomic E-state index is 11.4. The topological polar surface area (TPSA) is 55.1 Å². The molecule has 0 saturated carbocycles. The molecule has 16 heavy (non-hydrogen) atoms. The molecule has 3 N–H and O–H groups in total. The molecule has 0 aliphatic rings. The maximum absolute atomic E-state index is 11.4. The van der Waals surface area contributed by atoms with Crippen molar-refractivity contribution in [2.24, 2.45) is 5.73 Å². The number of nitrogens with one attached hydrogen (secondary N) is 1. The lowest BCUT2D eigenvalue weighted by molar-refractivity contribution is -0.116. The largest absolute Gasteiger partial charge is 0.330 e. The standard InChI is InChI=1S/C10H11Cl3N2O/c11-6-4-7(12)10(8(13)5-6)15-9(16)2-1-3-14/h4-5H,1-3,14H2,(H,15,16). The van der Waals surface area contributed by atoms with Crippen molar-refractivity contribution in [1.29, 1.82) is 0 Å². The summed E-state index contributed by atoms with van der Waals surface area (Å²) in [7, 11) is 0. The molecular weight excluding hydrogens is 270 g/mol. The molecule has 6 heteroatoms. The van der Waals surface area contributed by atoms with Gasteiger partial charge in [0.05, 0.1) is 15.7 Å². The summed E-state index contributed by atoms with van der Waals surface area (Å²) in [5.41, 5.74) is 5.68. The van der Waals surface area contributed by atoms with Crippen LogP contribution >= 0.6 is 34.8 Å². The molecular formula is C10H11Cl3N2O. The highest BCUT2D eigenvalue weighted by molar-refractivity contribution is 6.42. The molecule has 0 aliphatic heterocycles. The third kappa shape index (κ3) is 3.83. The minimum absolute atomic E-state index is 0.170. The highest BCUT2D eigenvalue weighted by Crippen LogP contribution is 2.33. The summed E-state index contributed by atoms with van der Waals surface area (Å²) in [4.78, 5) is 11.4. The summed E-state index contributed by atoms with van der Waals surface area (Å²) in [6.07, 6.45) is 0.959. The van der Waals surface area contributed by atoms with E-state index >= 15 is 0 Å². The van der Waals surface area contributed by atoms with Crippen molar-refractivity contribution >= 4 is 46.4 Å². The third-order valence-electron chi connectivity index (χ3n) is 1.88. The monoisotopic (exact) mass is 280 g/mol. The highest BCUT2D eigenvalue weighted by Gasteiger charge is 2.10. The van der Waals surface area contributed by atoms with E-state index in [0.29, 0.717) is 40.1 Å². The van der Waals surface area contributed by atoms with Gasteiger partial charge in [0.1, 0.15) is 0 Å². The Labute approximate surface area is 109 Å². The van der Waals surface area contributed by atoms with E-state index in [0.717, 1.165) is 0 Å². The van der Waals surface area contributed by atoms with Crippen LogP contribution in [-0.4, -0.2) is 12.5 Å². The first-order chi connectivity index (χ1) is 7.54. The Morgan fingerprint density at radius 3 is 2.31 bits per heavy atom. The van der Waals surface area contributed by atoms with Gasteiger partial charge in [-0.05, 0) is 25.1 Å². The number of hydrogen-bond acceptors (Lipinski definition) is 2. The van der Waals surface area contributed by atoms with Crippen molar-refractivity contribution in [2.75, 3.05) is 11.9 Å². The van der Waals surface area contributed by atoms with Crippen LogP contribution in [0.25, 0.3) is 0 Å². The van der Waals surface area contributed by atoms with Crippen LogP contribution in [0.1, 0.15) is 12.8 Å². The van der Waals surface area contributed by atoms with E-state index in [1.54, 1.807) is 0 Å². The first kappa shape index (κ1) is 13.6. The number of anilines is 1. The fourth-order valence-corrected chi connectivity index (χ4v) is 2.04. The smallest absolute Gasteiger partial charge is 0.224 e. The molecule has 0 fully saturated rings. The molecule has 0 bridgehead atoms. The van der Waals surface area contributed by atoms with Crippen molar-refractivity contribution in [1.82, 2.24) is 0 Å². The quantitative estimate of drug-likeness (QED) is 0.889. The average Bonchev–Trinajstić information content (AvgIpc) is 2.20. The van der Waals surface area contributed by atoms with Gasteiger partial charge in [-0.3, -0.25) is 4.79 Å². The second-order valence-corrected chi connectivity index (χ2v) is 4.44. The van der Waals surface area contributed by atoms with Crippen LogP contribution < -0.4 is 11.1 Å². The van der Waals surface area contributed by atoms with Crippen LogP contribution in [0.3, 0.4) is 0 Å². The molecule has 1 amide bonds. The summed E-state index contributed by atoms with van der Waals surface area (Å²) < 4.78 is 0. The van der Waals surface area contributed by atoms with E-state index in [-0.39, 0.29) is 5.91 Å². The fraction of sp³-hybridized carbons (Fsp3) is 0.300. The van der Waals surface area contributed by atoms with Crippen molar-refractivity contribution in [3.8, 4) is 0 Å². The van der Waals surface area contributed by atoms with Crippen LogP contribution in [0.2, 0.25) is 15.1 Å². The molecule has 0 heterocycles. The van der Waals surface area contributed by atoms with E-state index in [1.807, 2.05) is 0 Å². The lowest BCUT2D eigenvalue weighted by Gasteiger charge is -2.09. The van der Waals surface area contributed by atoms with Crippen molar-refractivity contribution in [3.63, 3.8) is 0 Å². The summed E-state index contributed by atoms with van der Waals surface area (Å²) in [5, 5.41) is 3.69. The molecule has 0 atom stereocenters. The molecule has 1 aromatic rings. The Bertz CT molecular complexity index is 373. The Morgan fingerprint density at radius 2 is 1.81 bits per heavy atom. The Balaban J connectivity index is 2.77. The van der Waals surface area contributed by atoms with Gasteiger partial charge in [-0.15, -0.1) is 0 Å². The SMILES string of the molecule is NCCCC(=O)Nc1c(Cl)cc(Cl)cc1Cl. The predicted molar refractivity (Wildman–Crippen MR) is 68.4 cm³/mol. The number of carbonyl (C=O) groups is 1. The zero-order valence-electron chi connectivity index (χ0n) is 8.40. The lowest BCUT2D eigenvalue weighted by atomic mass is 10.2. The minimum Gasteiger partial charge on any atom is -0.330 e. The number of benzene rings is 1. The van der Waals surface area contributed by atoms with Crippen LogP contribution in [0, 0.1) is 0 Å². The minimum atomic E-state index is -0.170. The molecule has 0 saturated heterocycles. The lowest BCUT2D eigenvalue weighted by Crippen LogP contribution is -2.14. The van der Waals surface area contributed by atoms with Gasteiger partial charge in [-0.1, -0.05) is 34.8 Å². The van der Waals surface area contributed by atoms with Crippen molar-refractivity contribution in [2.45, 2.75) is 12.8 Å². The molecule has 0 aliphatic carbocycles. The number of rotatable bonds is 4. The van der Waals surface area contributed by atoms with Crippen molar-refractivity contribution in [3.05, 3.63) is 27.2 Å². The Hall–Kier alpha value is -0.480. The van der Waals surface area contributed by atoms with Crippen LogP contribution in [-0.2, 0) is 4.79 Å². The van der Waals surface area contributed by atoms with Gasteiger partial charge in [-0.2, -0.15) is 0 Å². The van der Waals surface area contributed by atoms with Crippen molar-refractivity contribution < 1.29 is 4.79 Å². The number of nitrogens with two attached hydrogens (primary N) is 1. The van der Waals surface area contributed by atoms with E-state index in [1.165, 1.54) is 12.1 Å². The molecule has 0 radical (unpaired) electrons. The molecule has 88 valence electrons. The molecule has 3 nitrogen and oxygen atoms in total. The van der Waals surface area contributed by atoms with Gasteiger partial charge in [0, 0.05) is 11.4 Å². The summed E-state index contributed by atoms with van der Waals surface area (Å²) in [6.45, 7) is 0.468. The van der Waals surface area contributed by atoms with Gasteiger partial charge in [0.25, 0.3) is 0 Å². The Morgan fingerprint density at radius 1 is 1.25 bits per heavy atom. The number of amides is 1. The summed E-state index contributed by atoms with van der Waals surface area (Å²) in [5.74, 6) is -0.170.